The van der Waals surface area contributed by atoms with E-state index in [4.69, 9.17) is 16.3 Å². The molecule has 0 saturated carbocycles. The van der Waals surface area contributed by atoms with E-state index in [-0.39, 0.29) is 17.9 Å². The minimum atomic E-state index is -0.651. The number of amides is 2. The fraction of sp³-hybridized carbons (Fsp3) is 0.391. The first-order chi connectivity index (χ1) is 13.7. The minimum Gasteiger partial charge on any atom is -0.496 e. The number of ether oxygens (including phenoxy) is 1. The molecule has 2 aromatic carbocycles. The van der Waals surface area contributed by atoms with E-state index in [2.05, 4.69) is 0 Å². The van der Waals surface area contributed by atoms with Crippen molar-refractivity contribution in [2.45, 2.75) is 52.4 Å². The van der Waals surface area contributed by atoms with E-state index in [1.807, 2.05) is 67.8 Å². The number of halogens is 1. The van der Waals surface area contributed by atoms with Crippen LogP contribution in [0.4, 0.5) is 0 Å². The number of methoxy groups -OCH3 is 1. The van der Waals surface area contributed by atoms with E-state index in [0.29, 0.717) is 35.0 Å². The standard InChI is InChI=1S/C23H25ClN2O3/c1-13(2)25-11-17-15(21(25)27)9-10-18(20(17)24)23(3,4)26-12-16-14(22(26)28)7-6-8-19(16)29-5/h6-10,13H,11-12H2,1-5H3. The fourth-order valence-electron chi connectivity index (χ4n) is 4.36. The monoisotopic (exact) mass is 412 g/mol. The number of hydrogen-bond acceptors (Lipinski definition) is 3. The molecule has 0 saturated heterocycles. The summed E-state index contributed by atoms with van der Waals surface area (Å²) in [6.45, 7) is 8.93. The van der Waals surface area contributed by atoms with Crippen molar-refractivity contribution in [1.29, 1.82) is 0 Å². The largest absolute Gasteiger partial charge is 0.496 e. The van der Waals surface area contributed by atoms with Crippen molar-refractivity contribution in [2.75, 3.05) is 7.11 Å². The van der Waals surface area contributed by atoms with Gasteiger partial charge in [-0.1, -0.05) is 23.7 Å². The first kappa shape index (κ1) is 19.8. The normalized spacial score (nSPS) is 16.0. The summed E-state index contributed by atoms with van der Waals surface area (Å²) in [4.78, 5) is 29.5. The second-order valence-corrected chi connectivity index (χ2v) is 8.79. The Morgan fingerprint density at radius 3 is 2.34 bits per heavy atom. The molecule has 152 valence electrons. The molecule has 0 unspecified atom stereocenters. The van der Waals surface area contributed by atoms with Gasteiger partial charge in [-0.25, -0.2) is 0 Å². The van der Waals surface area contributed by atoms with Gasteiger partial charge in [0.1, 0.15) is 5.75 Å². The van der Waals surface area contributed by atoms with Gasteiger partial charge in [-0.2, -0.15) is 0 Å². The molecule has 4 rings (SSSR count). The first-order valence-electron chi connectivity index (χ1n) is 9.79. The maximum atomic E-state index is 13.2. The zero-order chi connectivity index (χ0) is 21.1. The minimum absolute atomic E-state index is 0.00986. The number of rotatable bonds is 4. The molecule has 0 N–H and O–H groups in total. The van der Waals surface area contributed by atoms with E-state index < -0.39 is 5.54 Å². The van der Waals surface area contributed by atoms with Crippen molar-refractivity contribution in [2.24, 2.45) is 0 Å². The van der Waals surface area contributed by atoms with Gasteiger partial charge in [0.15, 0.2) is 0 Å². The average molecular weight is 413 g/mol. The quantitative estimate of drug-likeness (QED) is 0.737. The van der Waals surface area contributed by atoms with Crippen LogP contribution in [0, 0.1) is 0 Å². The van der Waals surface area contributed by atoms with Crippen LogP contribution in [0.25, 0.3) is 0 Å². The maximum absolute atomic E-state index is 13.2. The summed E-state index contributed by atoms with van der Waals surface area (Å²) in [7, 11) is 1.61. The lowest BCUT2D eigenvalue weighted by Crippen LogP contribution is -2.42. The molecule has 2 heterocycles. The lowest BCUT2D eigenvalue weighted by Gasteiger charge is -2.37. The molecular formula is C23H25ClN2O3. The van der Waals surface area contributed by atoms with E-state index in [0.717, 1.165) is 16.7 Å². The number of carbonyl (C=O) groups is 2. The van der Waals surface area contributed by atoms with Crippen LogP contribution in [0.15, 0.2) is 30.3 Å². The Balaban J connectivity index is 1.74. The molecule has 5 nitrogen and oxygen atoms in total. The Bertz CT molecular complexity index is 1030. The zero-order valence-electron chi connectivity index (χ0n) is 17.4. The summed E-state index contributed by atoms with van der Waals surface area (Å²) in [5.41, 5.74) is 3.25. The van der Waals surface area contributed by atoms with Crippen LogP contribution in [0.2, 0.25) is 5.02 Å². The van der Waals surface area contributed by atoms with Gasteiger partial charge >= 0.3 is 0 Å². The number of hydrogen-bond donors (Lipinski definition) is 0. The second kappa shape index (κ2) is 6.77. The molecule has 0 aromatic heterocycles. The Morgan fingerprint density at radius 1 is 1.00 bits per heavy atom. The van der Waals surface area contributed by atoms with Gasteiger partial charge < -0.3 is 14.5 Å². The third-order valence-corrected chi connectivity index (χ3v) is 6.60. The summed E-state index contributed by atoms with van der Waals surface area (Å²) in [5.74, 6) is 0.684. The number of benzene rings is 2. The van der Waals surface area contributed by atoms with Gasteiger partial charge in [-0.3, -0.25) is 9.59 Å². The lowest BCUT2D eigenvalue weighted by molar-refractivity contribution is 0.0567. The van der Waals surface area contributed by atoms with Gasteiger partial charge in [-0.05, 0) is 51.5 Å². The Labute approximate surface area is 176 Å². The number of nitrogens with zero attached hydrogens (tertiary/aromatic N) is 2. The molecule has 2 aliphatic rings. The average Bonchev–Trinajstić information content (AvgIpc) is 3.21. The van der Waals surface area contributed by atoms with Crippen molar-refractivity contribution in [3.05, 3.63) is 63.2 Å². The topological polar surface area (TPSA) is 49.9 Å². The Kier molecular flexibility index (Phi) is 4.61. The van der Waals surface area contributed by atoms with Crippen LogP contribution in [-0.4, -0.2) is 34.8 Å². The van der Waals surface area contributed by atoms with Crippen molar-refractivity contribution in [3.63, 3.8) is 0 Å². The number of carbonyl (C=O) groups excluding carboxylic acids is 2. The molecular weight excluding hydrogens is 388 g/mol. The van der Waals surface area contributed by atoms with Crippen LogP contribution >= 0.6 is 11.6 Å². The first-order valence-corrected chi connectivity index (χ1v) is 10.2. The van der Waals surface area contributed by atoms with E-state index >= 15 is 0 Å². The molecule has 0 atom stereocenters. The molecule has 0 radical (unpaired) electrons. The van der Waals surface area contributed by atoms with Gasteiger partial charge in [-0.15, -0.1) is 0 Å². The molecule has 6 heteroatoms. The highest BCUT2D eigenvalue weighted by Crippen LogP contribution is 2.43. The number of fused-ring (bicyclic) bond motifs is 2. The van der Waals surface area contributed by atoms with Gasteiger partial charge in [0, 0.05) is 34.8 Å². The van der Waals surface area contributed by atoms with Gasteiger partial charge in [0.05, 0.1) is 24.2 Å². The van der Waals surface area contributed by atoms with Crippen LogP contribution in [0.1, 0.15) is 65.1 Å². The second-order valence-electron chi connectivity index (χ2n) is 8.42. The van der Waals surface area contributed by atoms with Crippen LogP contribution < -0.4 is 4.74 Å². The smallest absolute Gasteiger partial charge is 0.255 e. The molecule has 29 heavy (non-hydrogen) atoms. The summed E-state index contributed by atoms with van der Waals surface area (Å²) in [6, 6.07) is 9.37. The summed E-state index contributed by atoms with van der Waals surface area (Å²) >= 11 is 6.83. The van der Waals surface area contributed by atoms with Crippen molar-refractivity contribution < 1.29 is 14.3 Å². The molecule has 2 aromatic rings. The Hall–Kier alpha value is -2.53. The van der Waals surface area contributed by atoms with Crippen LogP contribution in [0.5, 0.6) is 5.75 Å². The van der Waals surface area contributed by atoms with E-state index in [1.54, 1.807) is 7.11 Å². The van der Waals surface area contributed by atoms with Gasteiger partial charge in [0.2, 0.25) is 0 Å². The molecule has 0 bridgehead atoms. The van der Waals surface area contributed by atoms with Crippen LogP contribution in [-0.2, 0) is 18.6 Å². The van der Waals surface area contributed by atoms with Crippen molar-refractivity contribution in [1.82, 2.24) is 9.80 Å². The highest BCUT2D eigenvalue weighted by molar-refractivity contribution is 6.33. The zero-order valence-corrected chi connectivity index (χ0v) is 18.1. The van der Waals surface area contributed by atoms with E-state index in [9.17, 15) is 9.59 Å². The third kappa shape index (κ3) is 2.83. The molecule has 2 amide bonds. The Morgan fingerprint density at radius 2 is 1.69 bits per heavy atom. The summed E-state index contributed by atoms with van der Waals surface area (Å²) in [6.07, 6.45) is 0. The molecule has 0 fully saturated rings. The highest BCUT2D eigenvalue weighted by atomic mass is 35.5. The van der Waals surface area contributed by atoms with Gasteiger partial charge in [0.25, 0.3) is 11.8 Å². The predicted molar refractivity (Wildman–Crippen MR) is 112 cm³/mol. The molecule has 0 spiro atoms. The van der Waals surface area contributed by atoms with Crippen LogP contribution in [0.3, 0.4) is 0 Å². The maximum Gasteiger partial charge on any atom is 0.255 e. The summed E-state index contributed by atoms with van der Waals surface area (Å²) in [5, 5.41) is 0.569. The van der Waals surface area contributed by atoms with E-state index in [1.165, 1.54) is 0 Å². The van der Waals surface area contributed by atoms with Crippen molar-refractivity contribution >= 4 is 23.4 Å². The predicted octanol–water partition coefficient (Wildman–Crippen LogP) is 4.60. The highest BCUT2D eigenvalue weighted by Gasteiger charge is 2.42. The lowest BCUT2D eigenvalue weighted by atomic mass is 9.89. The SMILES string of the molecule is COc1cccc2c1CN(C(C)(C)c1ccc3c(c1Cl)CN(C(C)C)C3=O)C2=O. The fourth-order valence-corrected chi connectivity index (χ4v) is 4.81. The summed E-state index contributed by atoms with van der Waals surface area (Å²) < 4.78 is 5.45. The third-order valence-electron chi connectivity index (χ3n) is 6.16. The van der Waals surface area contributed by atoms with Crippen molar-refractivity contribution in [3.8, 4) is 5.75 Å². The molecule has 0 aliphatic carbocycles. The molecule has 2 aliphatic heterocycles.